The first-order chi connectivity index (χ1) is 5.83. The Morgan fingerprint density at radius 3 is 3.00 bits per heavy atom. The van der Waals surface area contributed by atoms with E-state index in [0.29, 0.717) is 18.8 Å². The molecular weight excluding hydrogens is 174 g/mol. The summed E-state index contributed by atoms with van der Waals surface area (Å²) in [6.45, 7) is 3.80. The van der Waals surface area contributed by atoms with Gasteiger partial charge in [0.05, 0.1) is 12.7 Å². The standard InChI is InChI=1S/C9H16ClNO/c1-8-3-4-9(7-11-8)12-6-2-5-10/h2,5,8-9,11H,3-4,6-7H2,1H3/b5-2+. The van der Waals surface area contributed by atoms with Crippen molar-refractivity contribution in [1.82, 2.24) is 5.32 Å². The van der Waals surface area contributed by atoms with Crippen LogP contribution in [0.5, 0.6) is 0 Å². The van der Waals surface area contributed by atoms with Crippen LogP contribution in [0.15, 0.2) is 11.6 Å². The van der Waals surface area contributed by atoms with E-state index >= 15 is 0 Å². The van der Waals surface area contributed by atoms with Gasteiger partial charge in [-0.15, -0.1) is 0 Å². The number of rotatable bonds is 3. The third-order valence-electron chi connectivity index (χ3n) is 2.13. The molecule has 2 atom stereocenters. The zero-order valence-electron chi connectivity index (χ0n) is 7.42. The molecule has 0 aromatic heterocycles. The first-order valence-corrected chi connectivity index (χ1v) is 4.86. The van der Waals surface area contributed by atoms with E-state index in [1.54, 1.807) is 0 Å². The molecule has 0 aliphatic carbocycles. The fourth-order valence-corrected chi connectivity index (χ4v) is 1.42. The molecule has 0 spiro atoms. The number of halogens is 1. The van der Waals surface area contributed by atoms with Crippen LogP contribution in [0.4, 0.5) is 0 Å². The summed E-state index contributed by atoms with van der Waals surface area (Å²) in [4.78, 5) is 0. The van der Waals surface area contributed by atoms with Crippen molar-refractivity contribution in [3.63, 3.8) is 0 Å². The Hall–Kier alpha value is -0.0500. The van der Waals surface area contributed by atoms with Gasteiger partial charge in [-0.3, -0.25) is 0 Å². The summed E-state index contributed by atoms with van der Waals surface area (Å²) < 4.78 is 5.54. The monoisotopic (exact) mass is 189 g/mol. The molecule has 1 aliphatic heterocycles. The first kappa shape index (κ1) is 10.0. The van der Waals surface area contributed by atoms with Crippen LogP contribution >= 0.6 is 11.6 Å². The second-order valence-corrected chi connectivity index (χ2v) is 3.46. The summed E-state index contributed by atoms with van der Waals surface area (Å²) in [6, 6.07) is 0.647. The van der Waals surface area contributed by atoms with Gasteiger partial charge in [-0.05, 0) is 25.8 Å². The van der Waals surface area contributed by atoms with Crippen molar-refractivity contribution in [2.24, 2.45) is 0 Å². The Kier molecular flexibility index (Phi) is 4.66. The number of piperidine rings is 1. The van der Waals surface area contributed by atoms with Crippen molar-refractivity contribution < 1.29 is 4.74 Å². The fourth-order valence-electron chi connectivity index (χ4n) is 1.34. The lowest BCUT2D eigenvalue weighted by molar-refractivity contribution is 0.0486. The third-order valence-corrected chi connectivity index (χ3v) is 2.31. The average molecular weight is 190 g/mol. The molecule has 0 amide bonds. The van der Waals surface area contributed by atoms with Gasteiger partial charge in [-0.2, -0.15) is 0 Å². The highest BCUT2D eigenvalue weighted by atomic mass is 35.5. The maximum atomic E-state index is 5.54. The Morgan fingerprint density at radius 1 is 1.58 bits per heavy atom. The summed E-state index contributed by atoms with van der Waals surface area (Å²) in [5.74, 6) is 0. The molecule has 12 heavy (non-hydrogen) atoms. The van der Waals surface area contributed by atoms with Crippen molar-refractivity contribution in [3.8, 4) is 0 Å². The smallest absolute Gasteiger partial charge is 0.0704 e. The van der Waals surface area contributed by atoms with Gasteiger partial charge in [-0.1, -0.05) is 11.6 Å². The third kappa shape index (κ3) is 3.57. The number of hydrogen-bond donors (Lipinski definition) is 1. The molecule has 1 saturated heterocycles. The molecule has 1 N–H and O–H groups in total. The van der Waals surface area contributed by atoms with Gasteiger partial charge >= 0.3 is 0 Å². The summed E-state index contributed by atoms with van der Waals surface area (Å²) in [5, 5.41) is 3.38. The Bertz CT molecular complexity index is 141. The first-order valence-electron chi connectivity index (χ1n) is 4.43. The SMILES string of the molecule is CC1CCC(OC/C=C/Cl)CN1. The maximum absolute atomic E-state index is 5.54. The molecule has 0 aromatic carbocycles. The average Bonchev–Trinajstić information content (AvgIpc) is 2.09. The predicted molar refractivity (Wildman–Crippen MR) is 51.4 cm³/mol. The Labute approximate surface area is 78.9 Å². The lowest BCUT2D eigenvalue weighted by Gasteiger charge is -2.27. The minimum atomic E-state index is 0.370. The number of hydrogen-bond acceptors (Lipinski definition) is 2. The quantitative estimate of drug-likeness (QED) is 0.733. The number of nitrogens with one attached hydrogen (secondary N) is 1. The highest BCUT2D eigenvalue weighted by Gasteiger charge is 2.16. The second-order valence-electron chi connectivity index (χ2n) is 3.20. The van der Waals surface area contributed by atoms with Crippen LogP contribution in [0, 0.1) is 0 Å². The maximum Gasteiger partial charge on any atom is 0.0704 e. The molecule has 1 fully saturated rings. The summed E-state index contributed by atoms with van der Waals surface area (Å²) >= 11 is 5.37. The van der Waals surface area contributed by atoms with Crippen molar-refractivity contribution >= 4 is 11.6 Å². The zero-order chi connectivity index (χ0) is 8.81. The molecular formula is C9H16ClNO. The van der Waals surface area contributed by atoms with Crippen LogP contribution < -0.4 is 5.32 Å². The van der Waals surface area contributed by atoms with Gasteiger partial charge in [0.25, 0.3) is 0 Å². The van der Waals surface area contributed by atoms with Crippen LogP contribution in [-0.4, -0.2) is 25.3 Å². The molecule has 3 heteroatoms. The van der Waals surface area contributed by atoms with Gasteiger partial charge in [0, 0.05) is 18.1 Å². The highest BCUT2D eigenvalue weighted by molar-refractivity contribution is 6.25. The van der Waals surface area contributed by atoms with Gasteiger partial charge in [0.15, 0.2) is 0 Å². The Morgan fingerprint density at radius 2 is 2.42 bits per heavy atom. The molecule has 1 aliphatic rings. The molecule has 1 rings (SSSR count). The van der Waals surface area contributed by atoms with Gasteiger partial charge in [0.2, 0.25) is 0 Å². The largest absolute Gasteiger partial charge is 0.373 e. The summed E-state index contributed by atoms with van der Waals surface area (Å²) in [7, 11) is 0. The highest BCUT2D eigenvalue weighted by Crippen LogP contribution is 2.10. The van der Waals surface area contributed by atoms with Crippen LogP contribution in [0.1, 0.15) is 19.8 Å². The molecule has 0 radical (unpaired) electrons. The van der Waals surface area contributed by atoms with E-state index in [1.165, 1.54) is 12.0 Å². The second kappa shape index (κ2) is 5.57. The zero-order valence-corrected chi connectivity index (χ0v) is 8.18. The van der Waals surface area contributed by atoms with Crippen LogP contribution in [0.25, 0.3) is 0 Å². The molecule has 0 bridgehead atoms. The van der Waals surface area contributed by atoms with E-state index in [0.717, 1.165) is 13.0 Å². The summed E-state index contributed by atoms with van der Waals surface area (Å²) in [6.07, 6.45) is 4.55. The minimum Gasteiger partial charge on any atom is -0.373 e. The van der Waals surface area contributed by atoms with Crippen molar-refractivity contribution in [2.75, 3.05) is 13.2 Å². The topological polar surface area (TPSA) is 21.3 Å². The lowest BCUT2D eigenvalue weighted by Crippen LogP contribution is -2.40. The molecule has 2 unspecified atom stereocenters. The minimum absolute atomic E-state index is 0.370. The molecule has 70 valence electrons. The van der Waals surface area contributed by atoms with Crippen LogP contribution in [0.3, 0.4) is 0 Å². The molecule has 0 saturated carbocycles. The van der Waals surface area contributed by atoms with Gasteiger partial charge < -0.3 is 10.1 Å². The van der Waals surface area contributed by atoms with E-state index in [1.807, 2.05) is 6.08 Å². The Balaban J connectivity index is 2.09. The fraction of sp³-hybridized carbons (Fsp3) is 0.778. The van der Waals surface area contributed by atoms with E-state index in [9.17, 15) is 0 Å². The van der Waals surface area contributed by atoms with Gasteiger partial charge in [-0.25, -0.2) is 0 Å². The van der Waals surface area contributed by atoms with Crippen molar-refractivity contribution in [2.45, 2.75) is 31.9 Å². The van der Waals surface area contributed by atoms with Crippen molar-refractivity contribution in [1.29, 1.82) is 0 Å². The van der Waals surface area contributed by atoms with Crippen LogP contribution in [-0.2, 0) is 4.74 Å². The lowest BCUT2D eigenvalue weighted by atomic mass is 10.0. The van der Waals surface area contributed by atoms with Gasteiger partial charge in [0.1, 0.15) is 0 Å². The molecule has 1 heterocycles. The van der Waals surface area contributed by atoms with E-state index in [2.05, 4.69) is 12.2 Å². The normalized spacial score (nSPS) is 31.2. The molecule has 0 aromatic rings. The summed E-state index contributed by atoms with van der Waals surface area (Å²) in [5.41, 5.74) is 1.50. The van der Waals surface area contributed by atoms with E-state index in [4.69, 9.17) is 16.3 Å². The van der Waals surface area contributed by atoms with Crippen LogP contribution in [0.2, 0.25) is 0 Å². The van der Waals surface area contributed by atoms with E-state index < -0.39 is 0 Å². The number of ether oxygens (including phenoxy) is 1. The van der Waals surface area contributed by atoms with E-state index in [-0.39, 0.29) is 0 Å². The predicted octanol–water partition coefficient (Wildman–Crippen LogP) is 1.90. The molecule has 2 nitrogen and oxygen atoms in total. The van der Waals surface area contributed by atoms with Crippen molar-refractivity contribution in [3.05, 3.63) is 11.6 Å².